The summed E-state index contributed by atoms with van der Waals surface area (Å²) in [5, 5.41) is 0. The Morgan fingerprint density at radius 3 is 2.43 bits per heavy atom. The van der Waals surface area contributed by atoms with E-state index in [4.69, 9.17) is 9.26 Å². The third-order valence-electron chi connectivity index (χ3n) is 3.28. The van der Waals surface area contributed by atoms with Crippen molar-refractivity contribution in [2.45, 2.75) is 65.9 Å². The molecule has 0 aliphatic carbocycles. The molecule has 0 aromatic heterocycles. The second-order valence-electron chi connectivity index (χ2n) is 5.25. The molecule has 0 amide bonds. The van der Waals surface area contributed by atoms with Gasteiger partial charge < -0.3 is 9.26 Å². The van der Waals surface area contributed by atoms with Crippen molar-refractivity contribution in [3.63, 3.8) is 0 Å². The lowest BCUT2D eigenvalue weighted by molar-refractivity contribution is -0.146. The summed E-state index contributed by atoms with van der Waals surface area (Å²) < 4.78 is 10.6. The van der Waals surface area contributed by atoms with Gasteiger partial charge in [-0.15, -0.1) is 0 Å². The molecule has 0 radical (unpaired) electrons. The molecule has 5 heteroatoms. The van der Waals surface area contributed by atoms with E-state index in [0.29, 0.717) is 15.1 Å². The number of carbonyl (C=O) groups excluding carboxylic acids is 1. The highest BCUT2D eigenvalue weighted by Gasteiger charge is 2.09. The topological polar surface area (TPSA) is 35.5 Å². The zero-order chi connectivity index (χ0) is 16.1. The van der Waals surface area contributed by atoms with Gasteiger partial charge in [-0.2, -0.15) is 0 Å². The Bertz CT molecular complexity index is 351. The monoisotopic (exact) mass is 332 g/mol. The minimum Gasteiger partial charge on any atom is -0.463 e. The summed E-state index contributed by atoms with van der Waals surface area (Å²) in [5.41, 5.74) is 2.74. The molecule has 3 atom stereocenters. The van der Waals surface area contributed by atoms with Crippen LogP contribution in [-0.2, 0) is 14.1 Å². The average Bonchev–Trinajstić information content (AvgIpc) is 2.43. The Morgan fingerprint density at radius 2 is 1.86 bits per heavy atom. The standard InChI is InChI=1S/C16H30O3P2/c1-5-16(19-15(4)17)10-9-13(2)7-6-8-14(3)11-12-18-21-20/h7,11,16,21H,5-6,8-10,12,20H2,1-4H3/b13-7+,14-11+. The van der Waals surface area contributed by atoms with Crippen LogP contribution in [0.5, 0.6) is 0 Å². The van der Waals surface area contributed by atoms with Crippen LogP contribution < -0.4 is 0 Å². The molecule has 0 heterocycles. The maximum absolute atomic E-state index is 11.0. The molecule has 122 valence electrons. The van der Waals surface area contributed by atoms with Crippen LogP contribution in [0.2, 0.25) is 0 Å². The Hall–Kier alpha value is -0.230. The smallest absolute Gasteiger partial charge is 0.302 e. The summed E-state index contributed by atoms with van der Waals surface area (Å²) >= 11 is 0. The van der Waals surface area contributed by atoms with Gasteiger partial charge in [0.15, 0.2) is 0 Å². The first-order chi connectivity index (χ1) is 9.99. The lowest BCUT2D eigenvalue weighted by Gasteiger charge is -2.14. The molecule has 0 saturated heterocycles. The minimum absolute atomic E-state index is 0.0531. The summed E-state index contributed by atoms with van der Waals surface area (Å²) in [6.45, 7) is 8.53. The van der Waals surface area contributed by atoms with Gasteiger partial charge in [-0.1, -0.05) is 39.2 Å². The summed E-state index contributed by atoms with van der Waals surface area (Å²) in [6, 6.07) is 0. The van der Waals surface area contributed by atoms with Crippen LogP contribution in [0, 0.1) is 0 Å². The van der Waals surface area contributed by atoms with Crippen LogP contribution >= 0.6 is 17.4 Å². The van der Waals surface area contributed by atoms with Gasteiger partial charge in [0.05, 0.1) is 6.61 Å². The number of rotatable bonds is 11. The van der Waals surface area contributed by atoms with E-state index in [1.165, 1.54) is 18.1 Å². The quantitative estimate of drug-likeness (QED) is 0.226. The van der Waals surface area contributed by atoms with Crippen LogP contribution in [0.25, 0.3) is 0 Å². The van der Waals surface area contributed by atoms with E-state index in [1.807, 2.05) is 0 Å². The van der Waals surface area contributed by atoms with Crippen molar-refractivity contribution in [1.82, 2.24) is 0 Å². The molecule has 3 unspecified atom stereocenters. The average molecular weight is 332 g/mol. The fraction of sp³-hybridized carbons (Fsp3) is 0.688. The predicted octanol–water partition coefficient (Wildman–Crippen LogP) is 5.18. The number of esters is 1. The molecule has 0 aliphatic heterocycles. The number of hydrogen-bond acceptors (Lipinski definition) is 3. The molecular formula is C16H30O3P2. The fourth-order valence-electron chi connectivity index (χ4n) is 1.95. The van der Waals surface area contributed by atoms with Crippen LogP contribution in [0.4, 0.5) is 0 Å². The van der Waals surface area contributed by atoms with Crippen LogP contribution in [0.3, 0.4) is 0 Å². The van der Waals surface area contributed by atoms with Gasteiger partial charge in [-0.25, -0.2) is 0 Å². The van der Waals surface area contributed by atoms with Gasteiger partial charge >= 0.3 is 5.97 Å². The summed E-state index contributed by atoms with van der Waals surface area (Å²) in [5.74, 6) is -0.183. The van der Waals surface area contributed by atoms with Crippen molar-refractivity contribution >= 4 is 23.4 Å². The van der Waals surface area contributed by atoms with E-state index in [0.717, 1.165) is 32.1 Å². The molecule has 0 bridgehead atoms. The van der Waals surface area contributed by atoms with Crippen molar-refractivity contribution in [2.24, 2.45) is 0 Å². The van der Waals surface area contributed by atoms with Gasteiger partial charge in [0.2, 0.25) is 0 Å². The lowest BCUT2D eigenvalue weighted by Crippen LogP contribution is -2.15. The molecule has 0 aromatic carbocycles. The van der Waals surface area contributed by atoms with E-state index < -0.39 is 0 Å². The summed E-state index contributed by atoms with van der Waals surface area (Å²) in [7, 11) is 3.05. The van der Waals surface area contributed by atoms with Crippen molar-refractivity contribution in [3.05, 3.63) is 23.3 Å². The van der Waals surface area contributed by atoms with Crippen LogP contribution in [0.15, 0.2) is 23.3 Å². The van der Waals surface area contributed by atoms with Crippen molar-refractivity contribution in [2.75, 3.05) is 6.61 Å². The van der Waals surface area contributed by atoms with Gasteiger partial charge in [-0.3, -0.25) is 4.79 Å². The zero-order valence-corrected chi connectivity index (χ0v) is 15.9. The van der Waals surface area contributed by atoms with E-state index in [9.17, 15) is 4.79 Å². The molecule has 0 saturated carbocycles. The highest BCUT2D eigenvalue weighted by atomic mass is 32.0. The predicted molar refractivity (Wildman–Crippen MR) is 95.8 cm³/mol. The maximum atomic E-state index is 11.0. The lowest BCUT2D eigenvalue weighted by atomic mass is 10.0. The Kier molecular flexibility index (Phi) is 13.3. The SMILES string of the molecule is CCC(CC/C(C)=C/CC/C(C)=C/COPP)OC(C)=O. The Labute approximate surface area is 133 Å². The third-order valence-corrected chi connectivity index (χ3v) is 4.11. The highest BCUT2D eigenvalue weighted by molar-refractivity contribution is 8.00. The van der Waals surface area contributed by atoms with Gasteiger partial charge in [0.1, 0.15) is 6.10 Å². The molecular weight excluding hydrogens is 302 g/mol. The molecule has 21 heavy (non-hydrogen) atoms. The van der Waals surface area contributed by atoms with Crippen molar-refractivity contribution in [1.29, 1.82) is 0 Å². The van der Waals surface area contributed by atoms with E-state index >= 15 is 0 Å². The molecule has 0 spiro atoms. The second kappa shape index (κ2) is 13.4. The van der Waals surface area contributed by atoms with E-state index in [2.05, 4.69) is 41.9 Å². The van der Waals surface area contributed by atoms with Crippen molar-refractivity contribution in [3.8, 4) is 0 Å². The third kappa shape index (κ3) is 13.2. The van der Waals surface area contributed by atoms with E-state index in [1.54, 1.807) is 0 Å². The number of hydrogen-bond donors (Lipinski definition) is 0. The zero-order valence-electron chi connectivity index (χ0n) is 13.8. The number of allylic oxidation sites excluding steroid dienone is 3. The fourth-order valence-corrected chi connectivity index (χ4v) is 2.42. The van der Waals surface area contributed by atoms with Crippen LogP contribution in [0.1, 0.15) is 59.8 Å². The van der Waals surface area contributed by atoms with Gasteiger partial charge in [0, 0.05) is 15.4 Å². The van der Waals surface area contributed by atoms with Gasteiger partial charge in [0.25, 0.3) is 0 Å². The van der Waals surface area contributed by atoms with Gasteiger partial charge in [-0.05, 0) is 46.0 Å². The number of ether oxygens (including phenoxy) is 1. The minimum atomic E-state index is -0.183. The molecule has 0 N–H and O–H groups in total. The Balaban J connectivity index is 3.97. The van der Waals surface area contributed by atoms with Crippen molar-refractivity contribution < 1.29 is 14.1 Å². The summed E-state index contributed by atoms with van der Waals surface area (Å²) in [6.07, 6.45) is 9.40. The molecule has 0 aliphatic rings. The molecule has 0 rings (SSSR count). The molecule has 0 fully saturated rings. The first-order valence-corrected chi connectivity index (χ1v) is 10.3. The number of carbonyl (C=O) groups is 1. The first-order valence-electron chi connectivity index (χ1n) is 7.55. The second-order valence-corrected chi connectivity index (χ2v) is 6.48. The Morgan fingerprint density at radius 1 is 1.19 bits per heavy atom. The van der Waals surface area contributed by atoms with E-state index in [-0.39, 0.29) is 12.1 Å². The molecule has 3 nitrogen and oxygen atoms in total. The van der Waals surface area contributed by atoms with Crippen LogP contribution in [-0.4, -0.2) is 18.7 Å². The first kappa shape index (κ1) is 20.8. The highest BCUT2D eigenvalue weighted by Crippen LogP contribution is 2.21. The molecule has 0 aromatic rings. The normalized spacial score (nSPS) is 14.7. The summed E-state index contributed by atoms with van der Waals surface area (Å²) in [4.78, 5) is 11.0. The largest absolute Gasteiger partial charge is 0.463 e. The maximum Gasteiger partial charge on any atom is 0.302 e.